The second-order valence-corrected chi connectivity index (χ2v) is 5.07. The topological polar surface area (TPSA) is 43.1 Å². The first-order valence-electron chi connectivity index (χ1n) is 6.13. The molecule has 2 nitrogen and oxygen atoms in total. The molecule has 0 radical (unpaired) electrons. The standard InChI is InChI=1S/C15H17NOS/c16-9-7-12-1-4-14(5-2-12)15(17)6-3-13-8-10-18-11-13/h1-2,4-5,8,10-11H,3,6-7,9,16H2. The average Bonchev–Trinajstić information content (AvgIpc) is 2.90. The van der Waals surface area contributed by atoms with Crippen molar-refractivity contribution in [3.05, 3.63) is 57.8 Å². The fourth-order valence-corrected chi connectivity index (χ4v) is 2.56. The molecule has 0 fully saturated rings. The van der Waals surface area contributed by atoms with Crippen LogP contribution in [0, 0.1) is 0 Å². The van der Waals surface area contributed by atoms with Gasteiger partial charge in [-0.3, -0.25) is 4.79 Å². The lowest BCUT2D eigenvalue weighted by Crippen LogP contribution is -2.04. The van der Waals surface area contributed by atoms with Gasteiger partial charge in [-0.1, -0.05) is 24.3 Å². The Morgan fingerprint density at radius 1 is 1.06 bits per heavy atom. The average molecular weight is 259 g/mol. The van der Waals surface area contributed by atoms with Crippen LogP contribution in [0.3, 0.4) is 0 Å². The van der Waals surface area contributed by atoms with Crippen LogP contribution in [0.15, 0.2) is 41.1 Å². The van der Waals surface area contributed by atoms with Crippen LogP contribution in [0.5, 0.6) is 0 Å². The van der Waals surface area contributed by atoms with E-state index in [9.17, 15) is 4.79 Å². The van der Waals surface area contributed by atoms with Crippen molar-refractivity contribution in [2.45, 2.75) is 19.3 Å². The first kappa shape index (κ1) is 13.0. The van der Waals surface area contributed by atoms with Gasteiger partial charge in [0.2, 0.25) is 0 Å². The van der Waals surface area contributed by atoms with Gasteiger partial charge in [-0.15, -0.1) is 0 Å². The molecule has 0 bridgehead atoms. The van der Waals surface area contributed by atoms with E-state index in [2.05, 4.69) is 11.4 Å². The maximum absolute atomic E-state index is 12.0. The summed E-state index contributed by atoms with van der Waals surface area (Å²) in [4.78, 5) is 12.0. The van der Waals surface area contributed by atoms with Crippen molar-refractivity contribution in [1.29, 1.82) is 0 Å². The molecule has 18 heavy (non-hydrogen) atoms. The quantitative estimate of drug-likeness (QED) is 0.810. The van der Waals surface area contributed by atoms with Gasteiger partial charge in [-0.2, -0.15) is 11.3 Å². The lowest BCUT2D eigenvalue weighted by molar-refractivity contribution is 0.0983. The van der Waals surface area contributed by atoms with Crippen LogP contribution in [0.4, 0.5) is 0 Å². The van der Waals surface area contributed by atoms with Crippen molar-refractivity contribution in [1.82, 2.24) is 0 Å². The van der Waals surface area contributed by atoms with Crippen molar-refractivity contribution in [2.75, 3.05) is 6.54 Å². The highest BCUT2D eigenvalue weighted by atomic mass is 32.1. The fourth-order valence-electron chi connectivity index (χ4n) is 1.86. The number of Topliss-reactive ketones (excluding diaryl/α,β-unsaturated/α-hetero) is 1. The van der Waals surface area contributed by atoms with Gasteiger partial charge >= 0.3 is 0 Å². The molecule has 1 aromatic heterocycles. The molecule has 0 saturated heterocycles. The Labute approximate surface area is 111 Å². The molecule has 0 spiro atoms. The number of carbonyl (C=O) groups excluding carboxylic acids is 1. The van der Waals surface area contributed by atoms with E-state index in [-0.39, 0.29) is 5.78 Å². The van der Waals surface area contributed by atoms with Crippen LogP contribution in [0.1, 0.15) is 27.9 Å². The van der Waals surface area contributed by atoms with E-state index >= 15 is 0 Å². The number of hydrogen-bond donors (Lipinski definition) is 1. The fraction of sp³-hybridized carbons (Fsp3) is 0.267. The lowest BCUT2D eigenvalue weighted by Gasteiger charge is -2.02. The summed E-state index contributed by atoms with van der Waals surface area (Å²) in [5.74, 6) is 0.209. The van der Waals surface area contributed by atoms with Gasteiger partial charge in [0.1, 0.15) is 0 Å². The lowest BCUT2D eigenvalue weighted by atomic mass is 10.0. The predicted octanol–water partition coefficient (Wildman–Crippen LogP) is 3.06. The van der Waals surface area contributed by atoms with Crippen LogP contribution < -0.4 is 5.73 Å². The molecule has 0 saturated carbocycles. The minimum absolute atomic E-state index is 0.209. The Kier molecular flexibility index (Phi) is 4.67. The van der Waals surface area contributed by atoms with Crippen LogP contribution in [-0.4, -0.2) is 12.3 Å². The number of hydrogen-bond acceptors (Lipinski definition) is 3. The van der Waals surface area contributed by atoms with Gasteiger partial charge in [0.25, 0.3) is 0 Å². The second-order valence-electron chi connectivity index (χ2n) is 4.29. The van der Waals surface area contributed by atoms with Gasteiger partial charge in [-0.05, 0) is 47.3 Å². The smallest absolute Gasteiger partial charge is 0.163 e. The summed E-state index contributed by atoms with van der Waals surface area (Å²) in [7, 11) is 0. The number of rotatable bonds is 6. The van der Waals surface area contributed by atoms with Crippen LogP contribution in [-0.2, 0) is 12.8 Å². The first-order chi connectivity index (χ1) is 8.79. The van der Waals surface area contributed by atoms with Crippen molar-refractivity contribution in [3.63, 3.8) is 0 Å². The third kappa shape index (κ3) is 3.52. The van der Waals surface area contributed by atoms with Crippen LogP contribution >= 0.6 is 11.3 Å². The highest BCUT2D eigenvalue weighted by Crippen LogP contribution is 2.12. The molecule has 2 rings (SSSR count). The number of benzene rings is 1. The van der Waals surface area contributed by atoms with E-state index in [0.717, 1.165) is 18.4 Å². The summed E-state index contributed by atoms with van der Waals surface area (Å²) >= 11 is 1.67. The summed E-state index contributed by atoms with van der Waals surface area (Å²) in [5, 5.41) is 4.14. The molecular formula is C15H17NOS. The molecule has 0 atom stereocenters. The van der Waals surface area contributed by atoms with Crippen LogP contribution in [0.2, 0.25) is 0 Å². The Bertz CT molecular complexity index is 488. The molecule has 2 N–H and O–H groups in total. The van der Waals surface area contributed by atoms with Gasteiger partial charge in [0.15, 0.2) is 5.78 Å². The Morgan fingerprint density at radius 2 is 1.83 bits per heavy atom. The normalized spacial score (nSPS) is 10.5. The van der Waals surface area contributed by atoms with Crippen molar-refractivity contribution in [3.8, 4) is 0 Å². The van der Waals surface area contributed by atoms with Crippen molar-refractivity contribution < 1.29 is 4.79 Å². The molecule has 2 aromatic rings. The zero-order valence-electron chi connectivity index (χ0n) is 10.3. The number of aryl methyl sites for hydroxylation is 1. The third-order valence-electron chi connectivity index (χ3n) is 2.93. The van der Waals surface area contributed by atoms with E-state index in [1.807, 2.05) is 29.6 Å². The summed E-state index contributed by atoms with van der Waals surface area (Å²) in [6.45, 7) is 0.644. The van der Waals surface area contributed by atoms with E-state index in [4.69, 9.17) is 5.73 Å². The monoisotopic (exact) mass is 259 g/mol. The minimum Gasteiger partial charge on any atom is -0.330 e. The molecule has 0 amide bonds. The summed E-state index contributed by atoms with van der Waals surface area (Å²) in [5.41, 5.74) is 8.72. The summed E-state index contributed by atoms with van der Waals surface area (Å²) in [6, 6.07) is 9.86. The summed E-state index contributed by atoms with van der Waals surface area (Å²) < 4.78 is 0. The Hall–Kier alpha value is -1.45. The zero-order valence-corrected chi connectivity index (χ0v) is 11.1. The molecule has 0 aliphatic heterocycles. The minimum atomic E-state index is 0.209. The summed E-state index contributed by atoms with van der Waals surface area (Å²) in [6.07, 6.45) is 2.27. The molecule has 0 aliphatic rings. The van der Waals surface area contributed by atoms with E-state index in [1.165, 1.54) is 11.1 Å². The van der Waals surface area contributed by atoms with Gasteiger partial charge in [0.05, 0.1) is 0 Å². The Morgan fingerprint density at radius 3 is 2.44 bits per heavy atom. The predicted molar refractivity (Wildman–Crippen MR) is 76.2 cm³/mol. The maximum Gasteiger partial charge on any atom is 0.163 e. The van der Waals surface area contributed by atoms with E-state index in [0.29, 0.717) is 13.0 Å². The molecule has 1 heterocycles. The number of ketones is 1. The molecule has 0 unspecified atom stereocenters. The van der Waals surface area contributed by atoms with Gasteiger partial charge < -0.3 is 5.73 Å². The van der Waals surface area contributed by atoms with Crippen LogP contribution in [0.25, 0.3) is 0 Å². The number of carbonyl (C=O) groups is 1. The number of thiophene rings is 1. The van der Waals surface area contributed by atoms with Gasteiger partial charge in [-0.25, -0.2) is 0 Å². The SMILES string of the molecule is NCCc1ccc(C(=O)CCc2ccsc2)cc1. The Balaban J connectivity index is 1.92. The van der Waals surface area contributed by atoms with Crippen molar-refractivity contribution >= 4 is 17.1 Å². The van der Waals surface area contributed by atoms with Gasteiger partial charge in [0, 0.05) is 12.0 Å². The highest BCUT2D eigenvalue weighted by Gasteiger charge is 2.06. The maximum atomic E-state index is 12.0. The first-order valence-corrected chi connectivity index (χ1v) is 7.07. The largest absolute Gasteiger partial charge is 0.330 e. The number of nitrogens with two attached hydrogens (primary N) is 1. The van der Waals surface area contributed by atoms with Crippen molar-refractivity contribution in [2.24, 2.45) is 5.73 Å². The molecule has 0 aliphatic carbocycles. The molecule has 3 heteroatoms. The van der Waals surface area contributed by atoms with E-state index < -0.39 is 0 Å². The third-order valence-corrected chi connectivity index (χ3v) is 3.66. The zero-order chi connectivity index (χ0) is 12.8. The molecular weight excluding hydrogens is 242 g/mol. The molecule has 94 valence electrons. The highest BCUT2D eigenvalue weighted by molar-refractivity contribution is 7.07. The second kappa shape index (κ2) is 6.47. The molecule has 1 aromatic carbocycles. The van der Waals surface area contributed by atoms with E-state index in [1.54, 1.807) is 11.3 Å².